The van der Waals surface area contributed by atoms with Gasteiger partial charge in [0.25, 0.3) is 5.95 Å². The summed E-state index contributed by atoms with van der Waals surface area (Å²) in [6.45, 7) is 3.02. The fraction of sp³-hybridized carbons (Fsp3) is 0.667. The van der Waals surface area contributed by atoms with Gasteiger partial charge in [-0.3, -0.25) is 4.90 Å². The molecule has 0 atom stereocenters. The Bertz CT molecular complexity index is 733. The number of rotatable bonds is 5. The van der Waals surface area contributed by atoms with Crippen LogP contribution in [0.3, 0.4) is 0 Å². The molecular weight excluding hydrogens is 359 g/mol. The predicted octanol–water partition coefficient (Wildman–Crippen LogP) is 1.20. The molecule has 0 saturated carbocycles. The first-order valence-electron chi connectivity index (χ1n) is 8.22. The van der Waals surface area contributed by atoms with E-state index in [0.29, 0.717) is 39.4 Å². The fourth-order valence-corrected chi connectivity index (χ4v) is 4.49. The van der Waals surface area contributed by atoms with Gasteiger partial charge in [-0.2, -0.15) is 9.37 Å². The van der Waals surface area contributed by atoms with E-state index in [1.165, 1.54) is 4.90 Å². The van der Waals surface area contributed by atoms with Crippen LogP contribution in [0.2, 0.25) is 0 Å². The Morgan fingerprint density at radius 1 is 1.00 bits per heavy atom. The molecule has 3 heterocycles. The molecule has 140 valence electrons. The van der Waals surface area contributed by atoms with Gasteiger partial charge < -0.3 is 9.64 Å². The Morgan fingerprint density at radius 2 is 1.64 bits per heavy atom. The van der Waals surface area contributed by atoms with E-state index in [4.69, 9.17) is 4.74 Å². The highest BCUT2D eigenvalue weighted by atomic mass is 32.2. The van der Waals surface area contributed by atoms with E-state index >= 15 is 0 Å². The Labute approximate surface area is 144 Å². The number of nitrogens with zero attached hydrogens (tertiary/aromatic N) is 3. The number of hydrogen-bond acceptors (Lipinski definition) is 6. The molecule has 2 aliphatic heterocycles. The average molecular weight is 379 g/mol. The number of pyridine rings is 1. The highest BCUT2D eigenvalue weighted by Crippen LogP contribution is 2.30. The molecule has 0 aromatic carbocycles. The maximum atomic E-state index is 14.7. The monoisotopic (exact) mass is 379 g/mol. The topological polar surface area (TPSA) is 62.7 Å². The summed E-state index contributed by atoms with van der Waals surface area (Å²) in [5, 5.41) is 0. The zero-order valence-electron chi connectivity index (χ0n) is 13.7. The summed E-state index contributed by atoms with van der Waals surface area (Å²) in [6, 6.07) is 0. The first-order chi connectivity index (χ1) is 11.9. The van der Waals surface area contributed by atoms with Crippen molar-refractivity contribution >= 4 is 15.7 Å². The minimum absolute atomic E-state index is 0.105. The van der Waals surface area contributed by atoms with E-state index in [-0.39, 0.29) is 6.54 Å². The molecule has 0 unspecified atom stereocenters. The maximum absolute atomic E-state index is 14.7. The number of anilines is 1. The highest BCUT2D eigenvalue weighted by molar-refractivity contribution is 7.91. The van der Waals surface area contributed by atoms with Crippen molar-refractivity contribution in [2.75, 3.05) is 56.6 Å². The molecule has 6 nitrogen and oxygen atoms in total. The first-order valence-corrected chi connectivity index (χ1v) is 9.87. The van der Waals surface area contributed by atoms with Crippen molar-refractivity contribution in [3.05, 3.63) is 17.6 Å². The van der Waals surface area contributed by atoms with E-state index in [1.54, 1.807) is 0 Å². The van der Waals surface area contributed by atoms with Crippen molar-refractivity contribution in [3.63, 3.8) is 0 Å². The normalized spacial score (nSPS) is 19.6. The van der Waals surface area contributed by atoms with E-state index in [1.807, 2.05) is 4.90 Å². The van der Waals surface area contributed by atoms with Gasteiger partial charge >= 0.3 is 0 Å². The third kappa shape index (κ3) is 3.90. The van der Waals surface area contributed by atoms with Crippen LogP contribution < -0.4 is 4.90 Å². The Morgan fingerprint density at radius 3 is 2.28 bits per heavy atom. The van der Waals surface area contributed by atoms with Crippen molar-refractivity contribution in [2.45, 2.75) is 17.7 Å². The number of aromatic nitrogens is 1. The summed E-state index contributed by atoms with van der Waals surface area (Å²) in [6.07, 6.45) is 1.53. The molecule has 0 amide bonds. The van der Waals surface area contributed by atoms with Gasteiger partial charge in [-0.05, 0) is 12.8 Å². The second kappa shape index (κ2) is 7.46. The summed E-state index contributed by atoms with van der Waals surface area (Å²) in [5.41, 5.74) is 0. The first kappa shape index (κ1) is 18.4. The molecule has 1 aromatic rings. The Kier molecular flexibility index (Phi) is 5.49. The fourth-order valence-electron chi connectivity index (χ4n) is 3.07. The standard InChI is InChI=1S/C15H20F3N3O3S/c16-11-13(25(22,23)10-7-20-5-8-24-9-6-20)12(17)15(19-14(11)18)21-3-1-2-4-21/h1-10H2. The highest BCUT2D eigenvalue weighted by Gasteiger charge is 2.33. The minimum Gasteiger partial charge on any atom is -0.379 e. The van der Waals surface area contributed by atoms with Gasteiger partial charge in [0.1, 0.15) is 4.90 Å². The summed E-state index contributed by atoms with van der Waals surface area (Å²) < 4.78 is 72.8. The molecule has 0 spiro atoms. The van der Waals surface area contributed by atoms with Crippen LogP contribution in [-0.2, 0) is 14.6 Å². The van der Waals surface area contributed by atoms with Crippen molar-refractivity contribution in [1.82, 2.24) is 9.88 Å². The largest absolute Gasteiger partial charge is 0.379 e. The lowest BCUT2D eigenvalue weighted by Gasteiger charge is -2.26. The van der Waals surface area contributed by atoms with Gasteiger partial charge in [0.05, 0.1) is 19.0 Å². The molecule has 2 aliphatic rings. The van der Waals surface area contributed by atoms with Gasteiger partial charge in [0.15, 0.2) is 27.3 Å². The third-order valence-corrected chi connectivity index (χ3v) is 6.18. The summed E-state index contributed by atoms with van der Waals surface area (Å²) in [7, 11) is -4.33. The quantitative estimate of drug-likeness (QED) is 0.717. The number of ether oxygens (including phenoxy) is 1. The molecule has 2 fully saturated rings. The van der Waals surface area contributed by atoms with Crippen molar-refractivity contribution in [1.29, 1.82) is 0 Å². The van der Waals surface area contributed by atoms with Gasteiger partial charge in [-0.25, -0.2) is 17.2 Å². The van der Waals surface area contributed by atoms with Crippen LogP contribution in [-0.4, -0.2) is 70.0 Å². The molecule has 0 N–H and O–H groups in total. The lowest BCUT2D eigenvalue weighted by Crippen LogP contribution is -2.39. The van der Waals surface area contributed by atoms with E-state index < -0.39 is 43.9 Å². The van der Waals surface area contributed by atoms with Gasteiger partial charge in [-0.1, -0.05) is 0 Å². The zero-order valence-corrected chi connectivity index (χ0v) is 14.5. The smallest absolute Gasteiger partial charge is 0.252 e. The molecule has 0 bridgehead atoms. The Balaban J connectivity index is 1.88. The predicted molar refractivity (Wildman–Crippen MR) is 84.9 cm³/mol. The zero-order chi connectivity index (χ0) is 18.0. The third-order valence-electron chi connectivity index (χ3n) is 4.48. The van der Waals surface area contributed by atoms with Crippen molar-refractivity contribution < 1.29 is 26.3 Å². The van der Waals surface area contributed by atoms with Gasteiger partial charge in [-0.15, -0.1) is 0 Å². The maximum Gasteiger partial charge on any atom is 0.252 e. The minimum atomic E-state index is -4.33. The van der Waals surface area contributed by atoms with E-state index in [0.717, 1.165) is 12.8 Å². The lowest BCUT2D eigenvalue weighted by atomic mass is 10.4. The molecule has 0 radical (unpaired) electrons. The Hall–Kier alpha value is -1.39. The molecule has 0 aliphatic carbocycles. The number of halogens is 3. The van der Waals surface area contributed by atoms with Crippen LogP contribution in [0.5, 0.6) is 0 Å². The van der Waals surface area contributed by atoms with Crippen LogP contribution in [0.4, 0.5) is 19.0 Å². The molecule has 25 heavy (non-hydrogen) atoms. The number of hydrogen-bond donors (Lipinski definition) is 0. The van der Waals surface area contributed by atoms with Gasteiger partial charge in [0, 0.05) is 32.7 Å². The van der Waals surface area contributed by atoms with Crippen molar-refractivity contribution in [2.24, 2.45) is 0 Å². The summed E-state index contributed by atoms with van der Waals surface area (Å²) in [5.74, 6) is -5.57. The van der Waals surface area contributed by atoms with Crippen LogP contribution in [0.25, 0.3) is 0 Å². The molecule has 10 heteroatoms. The number of morpholine rings is 1. The second-order valence-corrected chi connectivity index (χ2v) is 8.20. The molecule has 3 rings (SSSR count). The summed E-state index contributed by atoms with van der Waals surface area (Å²) >= 11 is 0. The van der Waals surface area contributed by atoms with Crippen LogP contribution >= 0.6 is 0 Å². The summed E-state index contributed by atoms with van der Waals surface area (Å²) in [4.78, 5) is 5.36. The second-order valence-electron chi connectivity index (χ2n) is 6.15. The van der Waals surface area contributed by atoms with Crippen LogP contribution in [0.1, 0.15) is 12.8 Å². The molecular formula is C15H20F3N3O3S. The van der Waals surface area contributed by atoms with E-state index in [2.05, 4.69) is 4.98 Å². The average Bonchev–Trinajstić information content (AvgIpc) is 3.11. The molecule has 2 saturated heterocycles. The van der Waals surface area contributed by atoms with Crippen LogP contribution in [0, 0.1) is 17.6 Å². The van der Waals surface area contributed by atoms with E-state index in [9.17, 15) is 21.6 Å². The molecule has 1 aromatic heterocycles. The lowest BCUT2D eigenvalue weighted by molar-refractivity contribution is 0.0408. The van der Waals surface area contributed by atoms with Crippen molar-refractivity contribution in [3.8, 4) is 0 Å². The number of sulfone groups is 1. The SMILES string of the molecule is O=S(=O)(CCN1CCOCC1)c1c(F)c(F)nc(N2CCCC2)c1F. The van der Waals surface area contributed by atoms with Crippen LogP contribution in [0.15, 0.2) is 4.90 Å². The van der Waals surface area contributed by atoms with Gasteiger partial charge in [0.2, 0.25) is 0 Å².